The van der Waals surface area contributed by atoms with E-state index in [-0.39, 0.29) is 28.7 Å². The second-order valence-corrected chi connectivity index (χ2v) is 6.80. The number of esters is 1. The van der Waals surface area contributed by atoms with Gasteiger partial charge in [0.05, 0.1) is 12.5 Å². The molecule has 0 amide bonds. The SMILES string of the molecule is COC(=O)CCCn1c(C(C)C)nc2sc(C(=O)O)c(C)c2c1=O. The minimum atomic E-state index is -1.06. The first-order valence-corrected chi connectivity index (χ1v) is 8.43. The van der Waals surface area contributed by atoms with Crippen LogP contribution >= 0.6 is 11.3 Å². The van der Waals surface area contributed by atoms with Gasteiger partial charge in [0.1, 0.15) is 15.5 Å². The highest BCUT2D eigenvalue weighted by Crippen LogP contribution is 2.28. The third kappa shape index (κ3) is 3.33. The van der Waals surface area contributed by atoms with Crippen LogP contribution in [0.15, 0.2) is 4.79 Å². The summed E-state index contributed by atoms with van der Waals surface area (Å²) in [6.07, 6.45) is 0.663. The van der Waals surface area contributed by atoms with Gasteiger partial charge in [-0.3, -0.25) is 14.2 Å². The second-order valence-electron chi connectivity index (χ2n) is 5.80. The maximum atomic E-state index is 12.9. The van der Waals surface area contributed by atoms with Crippen molar-refractivity contribution in [2.75, 3.05) is 7.11 Å². The molecule has 0 aliphatic rings. The van der Waals surface area contributed by atoms with E-state index in [2.05, 4.69) is 9.72 Å². The fourth-order valence-corrected chi connectivity index (χ4v) is 3.59. The summed E-state index contributed by atoms with van der Waals surface area (Å²) in [5.41, 5.74) is 0.187. The van der Waals surface area contributed by atoms with Gasteiger partial charge in [0, 0.05) is 18.9 Å². The Hall–Kier alpha value is -2.22. The lowest BCUT2D eigenvalue weighted by atomic mass is 10.1. The molecule has 2 heterocycles. The number of carboxylic acid groups (broad SMARTS) is 1. The number of aromatic carboxylic acids is 1. The molecule has 8 heteroatoms. The van der Waals surface area contributed by atoms with Crippen LogP contribution in [0, 0.1) is 6.92 Å². The molecule has 2 aromatic rings. The molecule has 130 valence electrons. The lowest BCUT2D eigenvalue weighted by molar-refractivity contribution is -0.140. The fraction of sp³-hybridized carbons (Fsp3) is 0.500. The standard InChI is InChI=1S/C16H20N2O5S/c1-8(2)13-17-14-11(9(3)12(24-14)16(21)22)15(20)18(13)7-5-6-10(19)23-4/h8H,5-7H2,1-4H3,(H,21,22). The Morgan fingerprint density at radius 1 is 1.38 bits per heavy atom. The summed E-state index contributed by atoms with van der Waals surface area (Å²) in [6.45, 7) is 5.80. The van der Waals surface area contributed by atoms with Crippen molar-refractivity contribution in [3.8, 4) is 0 Å². The maximum Gasteiger partial charge on any atom is 0.346 e. The van der Waals surface area contributed by atoms with E-state index < -0.39 is 5.97 Å². The number of nitrogens with zero attached hydrogens (tertiary/aromatic N) is 2. The highest BCUT2D eigenvalue weighted by molar-refractivity contribution is 7.20. The van der Waals surface area contributed by atoms with Crippen LogP contribution in [0.4, 0.5) is 0 Å². The van der Waals surface area contributed by atoms with Crippen molar-refractivity contribution >= 4 is 33.5 Å². The number of fused-ring (bicyclic) bond motifs is 1. The number of thiophene rings is 1. The summed E-state index contributed by atoms with van der Waals surface area (Å²) in [6, 6.07) is 0. The molecular formula is C16H20N2O5S. The van der Waals surface area contributed by atoms with Gasteiger partial charge in [-0.1, -0.05) is 13.8 Å². The molecule has 0 aliphatic heterocycles. The third-order valence-corrected chi connectivity index (χ3v) is 4.95. The molecule has 0 aromatic carbocycles. The lowest BCUT2D eigenvalue weighted by Crippen LogP contribution is -2.26. The van der Waals surface area contributed by atoms with Gasteiger partial charge in [-0.15, -0.1) is 11.3 Å². The van der Waals surface area contributed by atoms with Crippen LogP contribution in [-0.2, 0) is 16.1 Å². The van der Waals surface area contributed by atoms with Gasteiger partial charge in [0.2, 0.25) is 0 Å². The van der Waals surface area contributed by atoms with Gasteiger partial charge < -0.3 is 9.84 Å². The molecule has 0 radical (unpaired) electrons. The zero-order valence-corrected chi connectivity index (χ0v) is 14.9. The molecule has 2 rings (SSSR count). The smallest absolute Gasteiger partial charge is 0.346 e. The Morgan fingerprint density at radius 2 is 2.04 bits per heavy atom. The van der Waals surface area contributed by atoms with Crippen molar-refractivity contribution in [2.45, 2.75) is 46.1 Å². The number of ether oxygens (including phenoxy) is 1. The molecule has 1 N–H and O–H groups in total. The number of aryl methyl sites for hydroxylation is 1. The first-order chi connectivity index (χ1) is 11.3. The Morgan fingerprint density at radius 3 is 2.58 bits per heavy atom. The topological polar surface area (TPSA) is 98.5 Å². The number of carbonyl (C=O) groups is 2. The van der Waals surface area contributed by atoms with Crippen LogP contribution in [0.2, 0.25) is 0 Å². The van der Waals surface area contributed by atoms with E-state index in [0.717, 1.165) is 11.3 Å². The summed E-state index contributed by atoms with van der Waals surface area (Å²) < 4.78 is 6.15. The molecule has 0 bridgehead atoms. The van der Waals surface area contributed by atoms with Crippen molar-refractivity contribution in [3.05, 3.63) is 26.6 Å². The summed E-state index contributed by atoms with van der Waals surface area (Å²) in [4.78, 5) is 40.5. The predicted molar refractivity (Wildman–Crippen MR) is 90.9 cm³/mol. The maximum absolute atomic E-state index is 12.9. The van der Waals surface area contributed by atoms with Gasteiger partial charge in [0.15, 0.2) is 0 Å². The van der Waals surface area contributed by atoms with E-state index >= 15 is 0 Å². The van der Waals surface area contributed by atoms with Crippen molar-refractivity contribution in [2.24, 2.45) is 0 Å². The average Bonchev–Trinajstić information content (AvgIpc) is 2.86. The van der Waals surface area contributed by atoms with Crippen LogP contribution in [0.5, 0.6) is 0 Å². The number of carboxylic acids is 1. The predicted octanol–water partition coefficient (Wildman–Crippen LogP) is 2.54. The molecule has 7 nitrogen and oxygen atoms in total. The Bertz CT molecular complexity index is 850. The molecule has 0 atom stereocenters. The lowest BCUT2D eigenvalue weighted by Gasteiger charge is -2.14. The number of hydrogen-bond donors (Lipinski definition) is 1. The van der Waals surface area contributed by atoms with E-state index in [1.54, 1.807) is 11.5 Å². The first kappa shape index (κ1) is 18.1. The minimum Gasteiger partial charge on any atom is -0.477 e. The van der Waals surface area contributed by atoms with Crippen molar-refractivity contribution < 1.29 is 19.4 Å². The Balaban J connectivity index is 2.55. The normalized spacial score (nSPS) is 11.2. The summed E-state index contributed by atoms with van der Waals surface area (Å²) in [7, 11) is 1.32. The van der Waals surface area contributed by atoms with Gasteiger partial charge in [0.25, 0.3) is 5.56 Å². The number of rotatable bonds is 6. The van der Waals surface area contributed by atoms with E-state index in [1.807, 2.05) is 13.8 Å². The largest absolute Gasteiger partial charge is 0.477 e. The highest BCUT2D eigenvalue weighted by Gasteiger charge is 2.22. The zero-order valence-electron chi connectivity index (χ0n) is 14.1. The van der Waals surface area contributed by atoms with Crippen LogP contribution in [0.1, 0.15) is 53.7 Å². The monoisotopic (exact) mass is 352 g/mol. The summed E-state index contributed by atoms with van der Waals surface area (Å²) in [5, 5.41) is 9.60. The zero-order chi connectivity index (χ0) is 18.0. The van der Waals surface area contributed by atoms with E-state index in [0.29, 0.717) is 34.6 Å². The number of carbonyl (C=O) groups excluding carboxylic acids is 1. The number of hydrogen-bond acceptors (Lipinski definition) is 6. The molecule has 24 heavy (non-hydrogen) atoms. The molecule has 0 spiro atoms. The van der Waals surface area contributed by atoms with Gasteiger partial charge in [-0.25, -0.2) is 9.78 Å². The number of aromatic nitrogens is 2. The van der Waals surface area contributed by atoms with Crippen LogP contribution in [0.25, 0.3) is 10.2 Å². The molecule has 0 saturated heterocycles. The molecule has 0 aliphatic carbocycles. The second kappa shape index (κ2) is 7.12. The molecule has 0 unspecified atom stereocenters. The minimum absolute atomic E-state index is 0.00379. The van der Waals surface area contributed by atoms with Gasteiger partial charge in [-0.2, -0.15) is 0 Å². The average molecular weight is 352 g/mol. The van der Waals surface area contributed by atoms with E-state index in [9.17, 15) is 19.5 Å². The van der Waals surface area contributed by atoms with Crippen LogP contribution in [0.3, 0.4) is 0 Å². The summed E-state index contributed by atoms with van der Waals surface area (Å²) >= 11 is 1.02. The van der Waals surface area contributed by atoms with Crippen LogP contribution in [-0.4, -0.2) is 33.7 Å². The molecule has 0 saturated carbocycles. The van der Waals surface area contributed by atoms with E-state index in [4.69, 9.17) is 0 Å². The fourth-order valence-electron chi connectivity index (χ4n) is 2.58. The molecular weight excluding hydrogens is 332 g/mol. The first-order valence-electron chi connectivity index (χ1n) is 7.61. The summed E-state index contributed by atoms with van der Waals surface area (Å²) in [5.74, 6) is -0.798. The number of methoxy groups -OCH3 is 1. The van der Waals surface area contributed by atoms with Crippen molar-refractivity contribution in [3.63, 3.8) is 0 Å². The van der Waals surface area contributed by atoms with Crippen LogP contribution < -0.4 is 5.56 Å². The van der Waals surface area contributed by atoms with Crippen molar-refractivity contribution in [1.82, 2.24) is 9.55 Å². The van der Waals surface area contributed by atoms with Crippen molar-refractivity contribution in [1.29, 1.82) is 0 Å². The third-order valence-electron chi connectivity index (χ3n) is 3.78. The Labute approximate surface area is 142 Å². The van der Waals surface area contributed by atoms with E-state index in [1.165, 1.54) is 7.11 Å². The van der Waals surface area contributed by atoms with Gasteiger partial charge in [-0.05, 0) is 18.9 Å². The highest BCUT2D eigenvalue weighted by atomic mass is 32.1. The molecule has 0 fully saturated rings. The quantitative estimate of drug-likeness (QED) is 0.802. The van der Waals surface area contributed by atoms with Gasteiger partial charge >= 0.3 is 11.9 Å². The molecule has 2 aromatic heterocycles. The Kier molecular flexibility index (Phi) is 5.38.